The largest absolute Gasteiger partial charge is 0.493 e. The van der Waals surface area contributed by atoms with Crippen LogP contribution in [0.3, 0.4) is 0 Å². The van der Waals surface area contributed by atoms with Crippen LogP contribution in [-0.4, -0.2) is 29.4 Å². The number of aliphatic hydroxyl groups is 1. The number of ether oxygens (including phenoxy) is 1. The summed E-state index contributed by atoms with van der Waals surface area (Å²) in [6.45, 7) is 0.768. The van der Waals surface area contributed by atoms with Crippen molar-refractivity contribution in [3.05, 3.63) is 27.7 Å². The second-order valence-corrected chi connectivity index (χ2v) is 7.51. The van der Waals surface area contributed by atoms with Gasteiger partial charge in [0, 0.05) is 29.4 Å². The van der Waals surface area contributed by atoms with Crippen molar-refractivity contribution < 1.29 is 9.84 Å². The Morgan fingerprint density at radius 2 is 2.05 bits per heavy atom. The van der Waals surface area contributed by atoms with Crippen molar-refractivity contribution in [1.29, 1.82) is 0 Å². The van der Waals surface area contributed by atoms with Gasteiger partial charge in [0.25, 0.3) is 0 Å². The molecule has 0 spiro atoms. The Hall–Kier alpha value is -0.580. The van der Waals surface area contributed by atoms with Gasteiger partial charge >= 0.3 is 0 Å². The molecule has 3 heterocycles. The SMILES string of the molecule is OC1(Cc2cc(Br)cc3c2OCC3)CC2CCC(C1)N2. The highest BCUT2D eigenvalue weighted by Gasteiger charge is 2.43. The highest BCUT2D eigenvalue weighted by atomic mass is 79.9. The van der Waals surface area contributed by atoms with Crippen molar-refractivity contribution in [2.45, 2.75) is 56.2 Å². The third kappa shape index (κ3) is 2.28. The fraction of sp³-hybridized carbons (Fsp3) is 0.625. The summed E-state index contributed by atoms with van der Waals surface area (Å²) in [4.78, 5) is 0. The zero-order valence-corrected chi connectivity index (χ0v) is 13.1. The van der Waals surface area contributed by atoms with E-state index in [1.165, 1.54) is 18.4 Å². The Morgan fingerprint density at radius 3 is 2.80 bits per heavy atom. The molecule has 2 bridgehead atoms. The minimum atomic E-state index is -0.572. The number of fused-ring (bicyclic) bond motifs is 3. The standard InChI is InChI=1S/C16H20BrNO2/c17-12-5-10-3-4-20-15(10)11(6-12)7-16(19)8-13-1-2-14(9-16)18-13/h5-6,13-14,18-19H,1-4,7-9H2. The van der Waals surface area contributed by atoms with Gasteiger partial charge in [-0.15, -0.1) is 0 Å². The van der Waals surface area contributed by atoms with Crippen LogP contribution in [0, 0.1) is 0 Å². The van der Waals surface area contributed by atoms with Crippen LogP contribution in [0.1, 0.15) is 36.8 Å². The molecule has 108 valence electrons. The fourth-order valence-electron chi connectivity index (χ4n) is 4.20. The molecule has 0 amide bonds. The Labute approximate surface area is 127 Å². The van der Waals surface area contributed by atoms with Crippen molar-refractivity contribution in [3.8, 4) is 5.75 Å². The normalized spacial score (nSPS) is 34.9. The van der Waals surface area contributed by atoms with Crippen LogP contribution in [-0.2, 0) is 12.8 Å². The summed E-state index contributed by atoms with van der Waals surface area (Å²) in [5.41, 5.74) is 1.86. The molecular formula is C16H20BrNO2. The van der Waals surface area contributed by atoms with E-state index in [-0.39, 0.29) is 0 Å². The Balaban J connectivity index is 1.63. The van der Waals surface area contributed by atoms with E-state index < -0.39 is 5.60 Å². The zero-order valence-electron chi connectivity index (χ0n) is 11.5. The average Bonchev–Trinajstić information content (AvgIpc) is 2.95. The Kier molecular flexibility index (Phi) is 3.09. The summed E-state index contributed by atoms with van der Waals surface area (Å²) >= 11 is 3.58. The maximum atomic E-state index is 11.0. The number of hydrogen-bond donors (Lipinski definition) is 2. The molecule has 2 unspecified atom stereocenters. The smallest absolute Gasteiger partial charge is 0.125 e. The van der Waals surface area contributed by atoms with Crippen LogP contribution in [0.4, 0.5) is 0 Å². The van der Waals surface area contributed by atoms with Crippen molar-refractivity contribution in [2.24, 2.45) is 0 Å². The van der Waals surface area contributed by atoms with E-state index in [0.717, 1.165) is 41.7 Å². The third-order valence-corrected chi connectivity index (χ3v) is 5.39. The Bertz CT molecular complexity index is 534. The molecular weight excluding hydrogens is 318 g/mol. The van der Waals surface area contributed by atoms with E-state index in [1.54, 1.807) is 0 Å². The molecule has 4 rings (SSSR count). The van der Waals surface area contributed by atoms with Gasteiger partial charge in [0.05, 0.1) is 12.2 Å². The maximum Gasteiger partial charge on any atom is 0.125 e. The molecule has 3 aliphatic heterocycles. The van der Waals surface area contributed by atoms with Crippen molar-refractivity contribution in [3.63, 3.8) is 0 Å². The number of halogens is 1. The number of rotatable bonds is 2. The summed E-state index contributed by atoms with van der Waals surface area (Å²) in [7, 11) is 0. The van der Waals surface area contributed by atoms with E-state index in [0.29, 0.717) is 18.5 Å². The van der Waals surface area contributed by atoms with E-state index >= 15 is 0 Å². The first-order valence-corrected chi connectivity index (χ1v) is 8.33. The molecule has 0 aliphatic carbocycles. The van der Waals surface area contributed by atoms with E-state index in [1.807, 2.05) is 0 Å². The third-order valence-electron chi connectivity index (χ3n) is 4.93. The number of hydrogen-bond acceptors (Lipinski definition) is 3. The predicted octanol–water partition coefficient (Wildman–Crippen LogP) is 2.57. The molecule has 0 aromatic heterocycles. The summed E-state index contributed by atoms with van der Waals surface area (Å²) in [6.07, 6.45) is 5.84. The summed E-state index contributed by atoms with van der Waals surface area (Å²) in [5, 5.41) is 14.6. The van der Waals surface area contributed by atoms with Crippen molar-refractivity contribution in [2.75, 3.05) is 6.61 Å². The summed E-state index contributed by atoms with van der Waals surface area (Å²) in [5.74, 6) is 1.02. The van der Waals surface area contributed by atoms with Crippen LogP contribution in [0.15, 0.2) is 16.6 Å². The predicted molar refractivity (Wildman–Crippen MR) is 81.2 cm³/mol. The molecule has 2 saturated heterocycles. The maximum absolute atomic E-state index is 11.0. The van der Waals surface area contributed by atoms with Gasteiger partial charge in [-0.1, -0.05) is 15.9 Å². The minimum absolute atomic E-state index is 0.500. The summed E-state index contributed by atoms with van der Waals surface area (Å²) < 4.78 is 6.89. The second-order valence-electron chi connectivity index (χ2n) is 6.60. The second kappa shape index (κ2) is 4.72. The molecule has 0 saturated carbocycles. The highest BCUT2D eigenvalue weighted by Crippen LogP contribution is 2.40. The van der Waals surface area contributed by atoms with Crippen molar-refractivity contribution in [1.82, 2.24) is 5.32 Å². The van der Waals surface area contributed by atoms with Gasteiger partial charge in [-0.25, -0.2) is 0 Å². The van der Waals surface area contributed by atoms with E-state index in [4.69, 9.17) is 4.74 Å². The lowest BCUT2D eigenvalue weighted by molar-refractivity contribution is -0.00651. The molecule has 2 atom stereocenters. The van der Waals surface area contributed by atoms with Gasteiger partial charge < -0.3 is 15.2 Å². The molecule has 2 N–H and O–H groups in total. The van der Waals surface area contributed by atoms with E-state index in [2.05, 4.69) is 33.4 Å². The topological polar surface area (TPSA) is 41.5 Å². The fourth-order valence-corrected chi connectivity index (χ4v) is 4.75. The van der Waals surface area contributed by atoms with Crippen LogP contribution >= 0.6 is 15.9 Å². The van der Waals surface area contributed by atoms with Gasteiger partial charge in [-0.05, 0) is 48.9 Å². The highest BCUT2D eigenvalue weighted by molar-refractivity contribution is 9.10. The van der Waals surface area contributed by atoms with Crippen LogP contribution in [0.25, 0.3) is 0 Å². The quantitative estimate of drug-likeness (QED) is 0.871. The first kappa shape index (κ1) is 13.1. The van der Waals surface area contributed by atoms with Gasteiger partial charge in [0.1, 0.15) is 5.75 Å². The lowest BCUT2D eigenvalue weighted by atomic mass is 9.82. The number of benzene rings is 1. The average molecular weight is 338 g/mol. The molecule has 1 aromatic rings. The van der Waals surface area contributed by atoms with E-state index in [9.17, 15) is 5.11 Å². The van der Waals surface area contributed by atoms with Crippen LogP contribution < -0.4 is 10.1 Å². The van der Waals surface area contributed by atoms with Crippen LogP contribution in [0.2, 0.25) is 0 Å². The molecule has 3 nitrogen and oxygen atoms in total. The first-order valence-electron chi connectivity index (χ1n) is 7.54. The monoisotopic (exact) mass is 337 g/mol. The molecule has 0 radical (unpaired) electrons. The first-order chi connectivity index (χ1) is 9.61. The molecule has 1 aromatic carbocycles. The van der Waals surface area contributed by atoms with Crippen molar-refractivity contribution >= 4 is 15.9 Å². The number of nitrogens with one attached hydrogen (secondary N) is 1. The van der Waals surface area contributed by atoms with Gasteiger partial charge in [0.2, 0.25) is 0 Å². The zero-order chi connectivity index (χ0) is 13.7. The molecule has 2 fully saturated rings. The number of piperidine rings is 1. The van der Waals surface area contributed by atoms with Crippen LogP contribution in [0.5, 0.6) is 5.75 Å². The van der Waals surface area contributed by atoms with Gasteiger partial charge in [-0.3, -0.25) is 0 Å². The Morgan fingerprint density at radius 1 is 1.30 bits per heavy atom. The minimum Gasteiger partial charge on any atom is -0.493 e. The van der Waals surface area contributed by atoms with Gasteiger partial charge in [0.15, 0.2) is 0 Å². The summed E-state index contributed by atoms with van der Waals surface area (Å²) in [6, 6.07) is 5.26. The lowest BCUT2D eigenvalue weighted by Gasteiger charge is -2.37. The molecule has 20 heavy (non-hydrogen) atoms. The van der Waals surface area contributed by atoms with Gasteiger partial charge in [-0.2, -0.15) is 0 Å². The molecule has 3 aliphatic rings. The molecule has 4 heteroatoms. The lowest BCUT2D eigenvalue weighted by Crippen LogP contribution is -2.49.